The van der Waals surface area contributed by atoms with Crippen LogP contribution in [-0.4, -0.2) is 60.0 Å². The average molecular weight is 376 g/mol. The van der Waals surface area contributed by atoms with Crippen LogP contribution in [0.1, 0.15) is 17.1 Å². The SMILES string of the molecule is O=S1(=O)C[C@@H]2[C@H](C1)N(Cc1ccc(CO)o1)CCN2Cc1ccccc1. The molecule has 0 saturated carbocycles. The number of rotatable bonds is 5. The smallest absolute Gasteiger partial charge is 0.153 e. The molecule has 26 heavy (non-hydrogen) atoms. The molecule has 2 aliphatic rings. The van der Waals surface area contributed by atoms with Crippen molar-refractivity contribution in [1.29, 1.82) is 0 Å². The highest BCUT2D eigenvalue weighted by atomic mass is 32.2. The first-order valence-electron chi connectivity index (χ1n) is 8.95. The number of piperazine rings is 1. The summed E-state index contributed by atoms with van der Waals surface area (Å²) in [4.78, 5) is 4.53. The molecule has 4 rings (SSSR count). The van der Waals surface area contributed by atoms with Crippen molar-refractivity contribution in [3.8, 4) is 0 Å². The lowest BCUT2D eigenvalue weighted by Gasteiger charge is -2.43. The maximum Gasteiger partial charge on any atom is 0.153 e. The zero-order valence-corrected chi connectivity index (χ0v) is 15.4. The molecule has 6 nitrogen and oxygen atoms in total. The van der Waals surface area contributed by atoms with Gasteiger partial charge in [-0.15, -0.1) is 0 Å². The van der Waals surface area contributed by atoms with E-state index in [1.54, 1.807) is 6.07 Å². The van der Waals surface area contributed by atoms with Gasteiger partial charge in [0.1, 0.15) is 18.1 Å². The van der Waals surface area contributed by atoms with E-state index in [-0.39, 0.29) is 30.2 Å². The average Bonchev–Trinajstić information content (AvgIpc) is 3.21. The van der Waals surface area contributed by atoms with Crippen molar-refractivity contribution in [2.24, 2.45) is 0 Å². The number of benzene rings is 1. The molecule has 1 aromatic carbocycles. The molecule has 2 saturated heterocycles. The van der Waals surface area contributed by atoms with Crippen molar-refractivity contribution in [1.82, 2.24) is 9.80 Å². The summed E-state index contributed by atoms with van der Waals surface area (Å²) in [6.07, 6.45) is 0. The molecule has 2 atom stereocenters. The van der Waals surface area contributed by atoms with Gasteiger partial charge in [-0.1, -0.05) is 30.3 Å². The normalized spacial score (nSPS) is 26.0. The monoisotopic (exact) mass is 376 g/mol. The largest absolute Gasteiger partial charge is 0.462 e. The van der Waals surface area contributed by atoms with Gasteiger partial charge in [0.25, 0.3) is 0 Å². The highest BCUT2D eigenvalue weighted by molar-refractivity contribution is 7.91. The van der Waals surface area contributed by atoms with Gasteiger partial charge in [0.05, 0.1) is 18.1 Å². The number of sulfone groups is 1. The maximum absolute atomic E-state index is 12.3. The van der Waals surface area contributed by atoms with E-state index in [2.05, 4.69) is 21.9 Å². The highest BCUT2D eigenvalue weighted by Crippen LogP contribution is 2.29. The number of aliphatic hydroxyl groups is 1. The Kier molecular flexibility index (Phi) is 4.88. The fraction of sp³-hybridized carbons (Fsp3) is 0.474. The molecular weight excluding hydrogens is 352 g/mol. The van der Waals surface area contributed by atoms with Gasteiger partial charge in [-0.2, -0.15) is 0 Å². The molecule has 2 aromatic rings. The summed E-state index contributed by atoms with van der Waals surface area (Å²) in [6.45, 7) is 2.87. The molecule has 0 amide bonds. The Morgan fingerprint density at radius 1 is 0.923 bits per heavy atom. The summed E-state index contributed by atoms with van der Waals surface area (Å²) >= 11 is 0. The van der Waals surface area contributed by atoms with E-state index < -0.39 is 9.84 Å². The van der Waals surface area contributed by atoms with Crippen LogP contribution in [0, 0.1) is 0 Å². The topological polar surface area (TPSA) is 74.0 Å². The number of aliphatic hydroxyl groups excluding tert-OH is 1. The minimum Gasteiger partial charge on any atom is -0.462 e. The molecule has 140 valence electrons. The van der Waals surface area contributed by atoms with Crippen molar-refractivity contribution in [3.63, 3.8) is 0 Å². The summed E-state index contributed by atoms with van der Waals surface area (Å²) in [5.41, 5.74) is 1.21. The van der Waals surface area contributed by atoms with Crippen molar-refractivity contribution < 1.29 is 17.9 Å². The van der Waals surface area contributed by atoms with Crippen LogP contribution in [0.4, 0.5) is 0 Å². The summed E-state index contributed by atoms with van der Waals surface area (Å²) in [6, 6.07) is 13.8. The van der Waals surface area contributed by atoms with Gasteiger partial charge in [0.15, 0.2) is 9.84 Å². The summed E-state index contributed by atoms with van der Waals surface area (Å²) in [5, 5.41) is 9.16. The molecule has 1 N–H and O–H groups in total. The quantitative estimate of drug-likeness (QED) is 0.847. The van der Waals surface area contributed by atoms with Gasteiger partial charge in [-0.05, 0) is 17.7 Å². The molecule has 0 unspecified atom stereocenters. The number of hydrogen-bond acceptors (Lipinski definition) is 6. The minimum atomic E-state index is -3.03. The predicted molar refractivity (Wildman–Crippen MR) is 98.1 cm³/mol. The van der Waals surface area contributed by atoms with Crippen LogP contribution in [0.3, 0.4) is 0 Å². The number of fused-ring (bicyclic) bond motifs is 1. The molecule has 2 fully saturated rings. The minimum absolute atomic E-state index is 0.0138. The molecular formula is C19H24N2O4S. The van der Waals surface area contributed by atoms with E-state index in [1.807, 2.05) is 24.3 Å². The van der Waals surface area contributed by atoms with Crippen LogP contribution in [0.25, 0.3) is 0 Å². The second kappa shape index (κ2) is 7.15. The van der Waals surface area contributed by atoms with Gasteiger partial charge in [-0.3, -0.25) is 9.80 Å². The number of hydrogen-bond donors (Lipinski definition) is 1. The Balaban J connectivity index is 1.51. The summed E-state index contributed by atoms with van der Waals surface area (Å²) in [7, 11) is -3.03. The lowest BCUT2D eigenvalue weighted by Crippen LogP contribution is -2.58. The van der Waals surface area contributed by atoms with Crippen molar-refractivity contribution in [3.05, 3.63) is 59.5 Å². The van der Waals surface area contributed by atoms with E-state index in [0.29, 0.717) is 12.3 Å². The van der Waals surface area contributed by atoms with Crippen LogP contribution >= 0.6 is 0 Å². The third-order valence-corrected chi connectivity index (χ3v) is 7.07. The van der Waals surface area contributed by atoms with Crippen molar-refractivity contribution in [2.75, 3.05) is 24.6 Å². The molecule has 3 heterocycles. The lowest BCUT2D eigenvalue weighted by molar-refractivity contribution is 0.0312. The van der Waals surface area contributed by atoms with Gasteiger partial charge in [0.2, 0.25) is 0 Å². The van der Waals surface area contributed by atoms with E-state index in [4.69, 9.17) is 9.52 Å². The fourth-order valence-electron chi connectivity index (χ4n) is 4.10. The first-order valence-corrected chi connectivity index (χ1v) is 10.8. The molecule has 2 aliphatic heterocycles. The first-order chi connectivity index (χ1) is 12.5. The Hall–Kier alpha value is -1.67. The number of nitrogens with zero attached hydrogens (tertiary/aromatic N) is 2. The third kappa shape index (κ3) is 3.71. The molecule has 0 spiro atoms. The molecule has 1 aromatic heterocycles. The van der Waals surface area contributed by atoms with E-state index in [9.17, 15) is 8.42 Å². The Bertz CT molecular complexity index is 849. The van der Waals surface area contributed by atoms with Crippen molar-refractivity contribution in [2.45, 2.75) is 31.8 Å². The first kappa shape index (κ1) is 17.7. The zero-order valence-electron chi connectivity index (χ0n) is 14.6. The number of furan rings is 1. The molecule has 0 bridgehead atoms. The maximum atomic E-state index is 12.3. The van der Waals surface area contributed by atoms with Crippen LogP contribution < -0.4 is 0 Å². The zero-order chi connectivity index (χ0) is 18.1. The van der Waals surface area contributed by atoms with Crippen LogP contribution in [0.5, 0.6) is 0 Å². The van der Waals surface area contributed by atoms with E-state index >= 15 is 0 Å². The second-order valence-electron chi connectivity index (χ2n) is 7.16. The van der Waals surface area contributed by atoms with Gasteiger partial charge in [-0.25, -0.2) is 8.42 Å². The summed E-state index contributed by atoms with van der Waals surface area (Å²) in [5.74, 6) is 1.74. The fourth-order valence-corrected chi connectivity index (χ4v) is 6.14. The Morgan fingerprint density at radius 3 is 2.15 bits per heavy atom. The second-order valence-corrected chi connectivity index (χ2v) is 9.32. The van der Waals surface area contributed by atoms with Gasteiger partial charge in [0, 0.05) is 31.7 Å². The predicted octanol–water partition coefficient (Wildman–Crippen LogP) is 1.26. The van der Waals surface area contributed by atoms with Crippen LogP contribution in [0.15, 0.2) is 46.9 Å². The van der Waals surface area contributed by atoms with Gasteiger partial charge >= 0.3 is 0 Å². The van der Waals surface area contributed by atoms with Crippen molar-refractivity contribution >= 4 is 9.84 Å². The molecule has 0 aliphatic carbocycles. The summed E-state index contributed by atoms with van der Waals surface area (Å²) < 4.78 is 30.3. The van der Waals surface area contributed by atoms with Gasteiger partial charge < -0.3 is 9.52 Å². The lowest BCUT2D eigenvalue weighted by atomic mass is 10.0. The molecule has 0 radical (unpaired) electrons. The van der Waals surface area contributed by atoms with Crippen LogP contribution in [0.2, 0.25) is 0 Å². The van der Waals surface area contributed by atoms with Crippen LogP contribution in [-0.2, 0) is 29.5 Å². The highest BCUT2D eigenvalue weighted by Gasteiger charge is 2.46. The van der Waals surface area contributed by atoms with E-state index in [1.165, 1.54) is 5.56 Å². The third-order valence-electron chi connectivity index (χ3n) is 5.37. The Labute approximate surface area is 153 Å². The molecule has 7 heteroatoms. The van der Waals surface area contributed by atoms with E-state index in [0.717, 1.165) is 25.4 Å². The Morgan fingerprint density at radius 2 is 1.54 bits per heavy atom. The standard InChI is InChI=1S/C19H24N2O4S/c22-12-17-7-6-16(25-17)11-21-9-8-20(10-15-4-2-1-3-5-15)18-13-26(23,24)14-19(18)21/h1-7,18-19,22H,8-14H2/t18-,19+/m1/s1.